The summed E-state index contributed by atoms with van der Waals surface area (Å²) in [5, 5.41) is 0. The van der Waals surface area contributed by atoms with Gasteiger partial charge in [-0.25, -0.2) is 0 Å². The Bertz CT molecular complexity index is 94.9. The van der Waals surface area contributed by atoms with Crippen molar-refractivity contribution < 1.29 is 76.0 Å². The minimum atomic E-state index is -5.62. The second-order valence-electron chi connectivity index (χ2n) is 0.378. The number of hydrogen-bond donors (Lipinski definition) is 0. The minimum absolute atomic E-state index is 0. The molecule has 0 aromatic rings. The van der Waals surface area contributed by atoms with Gasteiger partial charge in [-0.05, 0) is 0 Å². The van der Waals surface area contributed by atoms with Crippen LogP contribution in [0.25, 0.3) is 0 Å². The van der Waals surface area contributed by atoms with Crippen molar-refractivity contribution in [3.05, 3.63) is 0 Å². The van der Waals surface area contributed by atoms with Crippen LogP contribution in [0.1, 0.15) is 0 Å². The maximum atomic E-state index is 8.58. The SMILES string of the molecule is [Fe+2].[Na+].[O]=[Mn](=[O])([O-])[O-]. The molecule has 0 aliphatic rings. The molecular weight excluding hydrogens is 198 g/mol. The van der Waals surface area contributed by atoms with Crippen molar-refractivity contribution in [1.82, 2.24) is 0 Å². The van der Waals surface area contributed by atoms with Crippen LogP contribution in [0.4, 0.5) is 0 Å². The van der Waals surface area contributed by atoms with Gasteiger partial charge in [-0.2, -0.15) is 0 Å². The Balaban J connectivity index is -0.0000000800. The third-order valence-electron chi connectivity index (χ3n) is 0. The van der Waals surface area contributed by atoms with Gasteiger partial charge >= 0.3 is 76.0 Å². The summed E-state index contributed by atoms with van der Waals surface area (Å²) in [7, 11) is 0. The second kappa shape index (κ2) is 5.69. The Labute approximate surface area is 75.3 Å². The van der Waals surface area contributed by atoms with Crippen molar-refractivity contribution in [3.63, 3.8) is 0 Å². The van der Waals surface area contributed by atoms with E-state index in [2.05, 4.69) is 0 Å². The Morgan fingerprint density at radius 2 is 1.14 bits per heavy atom. The summed E-state index contributed by atoms with van der Waals surface area (Å²) in [5.41, 5.74) is 0. The molecule has 0 amide bonds. The van der Waals surface area contributed by atoms with Crippen molar-refractivity contribution in [2.75, 3.05) is 0 Å². The third-order valence-corrected chi connectivity index (χ3v) is 0. The molecule has 0 fully saturated rings. The van der Waals surface area contributed by atoms with E-state index >= 15 is 0 Å². The molecule has 0 saturated carbocycles. The monoisotopic (exact) mass is 198 g/mol. The van der Waals surface area contributed by atoms with Gasteiger partial charge in [0.2, 0.25) is 0 Å². The average Bonchev–Trinajstić information content (AvgIpc) is 0.722. The first-order valence-corrected chi connectivity index (χ1v) is 2.54. The first-order chi connectivity index (χ1) is 2.00. The predicted octanol–water partition coefficient (Wildman–Crippen LogP) is -5.62. The van der Waals surface area contributed by atoms with Crippen molar-refractivity contribution in [2.45, 2.75) is 0 Å². The van der Waals surface area contributed by atoms with E-state index in [0.717, 1.165) is 0 Å². The van der Waals surface area contributed by atoms with Gasteiger partial charge in [0.1, 0.15) is 0 Å². The number of rotatable bonds is 0. The van der Waals surface area contributed by atoms with E-state index in [1.165, 1.54) is 0 Å². The fraction of sp³-hybridized carbons (Fsp3) is 0. The van der Waals surface area contributed by atoms with Gasteiger partial charge in [-0.15, -0.1) is 0 Å². The molecule has 0 aliphatic heterocycles. The van der Waals surface area contributed by atoms with Gasteiger partial charge in [0.05, 0.1) is 0 Å². The zero-order chi connectivity index (χ0) is 4.50. The molecule has 0 rings (SSSR count). The Morgan fingerprint density at radius 1 is 1.14 bits per heavy atom. The standard InChI is InChI=1S/Fe.Mn.Na.4O/q+2;;+1;;;2*-1. The summed E-state index contributed by atoms with van der Waals surface area (Å²) in [6.07, 6.45) is 0. The van der Waals surface area contributed by atoms with Crippen molar-refractivity contribution in [3.8, 4) is 0 Å². The second-order valence-corrected chi connectivity index (χ2v) is 1.56. The van der Waals surface area contributed by atoms with E-state index < -0.39 is 13.4 Å². The van der Waals surface area contributed by atoms with Crippen LogP contribution < -0.4 is 37.9 Å². The fourth-order valence-electron chi connectivity index (χ4n) is 0. The molecule has 0 heterocycles. The van der Waals surface area contributed by atoms with Crippen molar-refractivity contribution >= 4 is 0 Å². The summed E-state index contributed by atoms with van der Waals surface area (Å²) in [4.78, 5) is 0. The molecule has 0 aromatic carbocycles. The summed E-state index contributed by atoms with van der Waals surface area (Å²) in [5.74, 6) is 0. The van der Waals surface area contributed by atoms with Crippen LogP contribution in [-0.4, -0.2) is 0 Å². The van der Waals surface area contributed by atoms with Crippen LogP contribution in [-0.2, 0) is 38.1 Å². The van der Waals surface area contributed by atoms with Crippen LogP contribution in [0.5, 0.6) is 0 Å². The molecule has 0 saturated heterocycles. The van der Waals surface area contributed by atoms with Gasteiger partial charge in [0.25, 0.3) is 0 Å². The van der Waals surface area contributed by atoms with Crippen LogP contribution in [0, 0.1) is 0 Å². The molecule has 7 heavy (non-hydrogen) atoms. The molecule has 0 spiro atoms. The van der Waals surface area contributed by atoms with Crippen LogP contribution >= 0.6 is 0 Å². The molecule has 0 aromatic heterocycles. The first kappa shape index (κ1) is 15.8. The van der Waals surface area contributed by atoms with Crippen LogP contribution in [0.3, 0.4) is 0 Å². The van der Waals surface area contributed by atoms with Gasteiger partial charge in [0.15, 0.2) is 0 Å². The van der Waals surface area contributed by atoms with Gasteiger partial charge in [-0.3, -0.25) is 0 Å². The molecular formula is FeMnNaO4+. The summed E-state index contributed by atoms with van der Waals surface area (Å²) < 4.78 is 34.3. The zero-order valence-corrected chi connectivity index (χ0v) is 7.65. The van der Waals surface area contributed by atoms with E-state index in [1.54, 1.807) is 0 Å². The first-order valence-electron chi connectivity index (χ1n) is 0.617. The molecule has 39 valence electrons. The van der Waals surface area contributed by atoms with Crippen LogP contribution in [0.2, 0.25) is 0 Å². The third kappa shape index (κ3) is 96.1. The Morgan fingerprint density at radius 3 is 1.14 bits per heavy atom. The van der Waals surface area contributed by atoms with E-state index in [4.69, 9.17) is 16.0 Å². The van der Waals surface area contributed by atoms with Gasteiger partial charge in [-0.1, -0.05) is 0 Å². The topological polar surface area (TPSA) is 80.3 Å². The average molecular weight is 198 g/mol. The summed E-state index contributed by atoms with van der Waals surface area (Å²) in [6, 6.07) is 0. The molecule has 0 aliphatic carbocycles. The quantitative estimate of drug-likeness (QED) is 0.363. The molecule has 7 heteroatoms. The molecule has 0 atom stereocenters. The van der Waals surface area contributed by atoms with E-state index in [1.807, 2.05) is 0 Å². The molecule has 4 nitrogen and oxygen atoms in total. The normalized spacial score (nSPS) is 8.29. The van der Waals surface area contributed by atoms with E-state index in [9.17, 15) is 0 Å². The van der Waals surface area contributed by atoms with Crippen molar-refractivity contribution in [2.24, 2.45) is 0 Å². The zero-order valence-electron chi connectivity index (χ0n) is 3.36. The Hall–Kier alpha value is 1.56. The fourth-order valence-corrected chi connectivity index (χ4v) is 0. The van der Waals surface area contributed by atoms with Crippen LogP contribution in [0.15, 0.2) is 0 Å². The Kier molecular flexibility index (Phi) is 12.9. The molecule has 0 bridgehead atoms. The summed E-state index contributed by atoms with van der Waals surface area (Å²) in [6.45, 7) is 0. The molecule has 0 N–H and O–H groups in total. The van der Waals surface area contributed by atoms with E-state index in [0.29, 0.717) is 0 Å². The maximum absolute atomic E-state index is 8.58. The van der Waals surface area contributed by atoms with E-state index in [-0.39, 0.29) is 46.6 Å². The number of hydrogen-bond acceptors (Lipinski definition) is 4. The molecule has 0 unspecified atom stereocenters. The van der Waals surface area contributed by atoms with Gasteiger partial charge < -0.3 is 0 Å². The summed E-state index contributed by atoms with van der Waals surface area (Å²) >= 11 is -5.62. The molecule has 0 radical (unpaired) electrons. The van der Waals surface area contributed by atoms with Gasteiger partial charge in [0, 0.05) is 0 Å². The van der Waals surface area contributed by atoms with Crippen molar-refractivity contribution in [1.29, 1.82) is 0 Å². The predicted molar refractivity (Wildman–Crippen MR) is 1.37 cm³/mol.